The summed E-state index contributed by atoms with van der Waals surface area (Å²) in [4.78, 5) is 21.5. The standard InChI is InChI=1S/C20H29N3O2/c24-19-20(7-2-1-3-8-20)15-18(25-19)6-10-22-11-13-23(14-12-22)17-5-4-9-21-16-17/h4-5,9,16,18H,1-3,6-8,10-15H2/t18-/m0/s1. The summed E-state index contributed by atoms with van der Waals surface area (Å²) in [5.74, 6) is 0.0959. The van der Waals surface area contributed by atoms with E-state index >= 15 is 0 Å². The van der Waals surface area contributed by atoms with Crippen LogP contribution >= 0.6 is 0 Å². The molecule has 1 atom stereocenters. The third-order valence-electron chi connectivity index (χ3n) is 6.29. The number of carbonyl (C=O) groups excluding carboxylic acids is 1. The Labute approximate surface area is 150 Å². The van der Waals surface area contributed by atoms with Gasteiger partial charge in [0.2, 0.25) is 0 Å². The van der Waals surface area contributed by atoms with E-state index in [2.05, 4.69) is 20.9 Å². The molecule has 0 aromatic carbocycles. The van der Waals surface area contributed by atoms with Gasteiger partial charge in [-0.3, -0.25) is 14.7 Å². The van der Waals surface area contributed by atoms with E-state index < -0.39 is 0 Å². The Kier molecular flexibility index (Phi) is 4.93. The molecule has 1 aromatic rings. The summed E-state index contributed by atoms with van der Waals surface area (Å²) in [5, 5.41) is 0. The van der Waals surface area contributed by atoms with Crippen LogP contribution in [0.25, 0.3) is 0 Å². The molecule has 0 bridgehead atoms. The lowest BCUT2D eigenvalue weighted by atomic mass is 9.72. The summed E-state index contributed by atoms with van der Waals surface area (Å²) in [6, 6.07) is 4.13. The Morgan fingerprint density at radius 1 is 1.16 bits per heavy atom. The Bertz CT molecular complexity index is 578. The second-order valence-electron chi connectivity index (χ2n) is 7.90. The van der Waals surface area contributed by atoms with Crippen molar-refractivity contribution in [2.24, 2.45) is 5.41 Å². The number of piperazine rings is 1. The highest BCUT2D eigenvalue weighted by atomic mass is 16.6. The largest absolute Gasteiger partial charge is 0.462 e. The Balaban J connectivity index is 1.23. The molecule has 5 heteroatoms. The summed E-state index contributed by atoms with van der Waals surface area (Å²) < 4.78 is 5.75. The van der Waals surface area contributed by atoms with Gasteiger partial charge >= 0.3 is 5.97 Å². The number of pyridine rings is 1. The smallest absolute Gasteiger partial charge is 0.312 e. The molecule has 25 heavy (non-hydrogen) atoms. The van der Waals surface area contributed by atoms with Crippen molar-refractivity contribution in [3.8, 4) is 0 Å². The van der Waals surface area contributed by atoms with E-state index in [1.807, 2.05) is 18.5 Å². The van der Waals surface area contributed by atoms with Gasteiger partial charge in [-0.15, -0.1) is 0 Å². The average molecular weight is 343 g/mol. The lowest BCUT2D eigenvalue weighted by Crippen LogP contribution is -2.47. The summed E-state index contributed by atoms with van der Waals surface area (Å²) in [5.41, 5.74) is 1.09. The highest BCUT2D eigenvalue weighted by molar-refractivity contribution is 5.79. The molecule has 0 radical (unpaired) electrons. The number of ether oxygens (including phenoxy) is 1. The Hall–Kier alpha value is -1.62. The summed E-state index contributed by atoms with van der Waals surface area (Å²) in [7, 11) is 0. The fraction of sp³-hybridized carbons (Fsp3) is 0.700. The number of rotatable bonds is 4. The predicted octanol–water partition coefficient (Wildman–Crippen LogP) is 2.86. The Morgan fingerprint density at radius 3 is 2.68 bits per heavy atom. The third-order valence-corrected chi connectivity index (χ3v) is 6.29. The fourth-order valence-electron chi connectivity index (χ4n) is 4.73. The van der Waals surface area contributed by atoms with E-state index in [0.717, 1.165) is 58.4 Å². The van der Waals surface area contributed by atoms with Gasteiger partial charge in [0, 0.05) is 45.3 Å². The number of carbonyl (C=O) groups is 1. The molecule has 0 unspecified atom stereocenters. The molecule has 1 aliphatic carbocycles. The highest BCUT2D eigenvalue weighted by Crippen LogP contribution is 2.46. The first-order chi connectivity index (χ1) is 12.3. The number of nitrogens with zero attached hydrogens (tertiary/aromatic N) is 3. The molecule has 3 heterocycles. The van der Waals surface area contributed by atoms with Crippen LogP contribution in [0, 0.1) is 5.41 Å². The van der Waals surface area contributed by atoms with Crippen LogP contribution in [0.15, 0.2) is 24.5 Å². The highest BCUT2D eigenvalue weighted by Gasteiger charge is 2.48. The number of hydrogen-bond acceptors (Lipinski definition) is 5. The Morgan fingerprint density at radius 2 is 1.96 bits per heavy atom. The predicted molar refractivity (Wildman–Crippen MR) is 97.5 cm³/mol. The maximum absolute atomic E-state index is 12.4. The number of anilines is 1. The van der Waals surface area contributed by atoms with Crippen molar-refractivity contribution >= 4 is 11.7 Å². The average Bonchev–Trinajstić information content (AvgIpc) is 2.97. The zero-order valence-electron chi connectivity index (χ0n) is 15.0. The van der Waals surface area contributed by atoms with Crippen LogP contribution in [0.4, 0.5) is 5.69 Å². The second-order valence-corrected chi connectivity index (χ2v) is 7.90. The minimum Gasteiger partial charge on any atom is -0.462 e. The molecule has 1 spiro atoms. The molecule has 3 fully saturated rings. The SMILES string of the molecule is O=C1O[C@@H](CCN2CCN(c3cccnc3)CC2)CC12CCCCC2. The van der Waals surface area contributed by atoms with E-state index in [-0.39, 0.29) is 17.5 Å². The molecular formula is C20H29N3O2. The zero-order chi connectivity index (χ0) is 17.1. The van der Waals surface area contributed by atoms with E-state index in [9.17, 15) is 4.79 Å². The van der Waals surface area contributed by atoms with Gasteiger partial charge < -0.3 is 9.64 Å². The van der Waals surface area contributed by atoms with Crippen LogP contribution in [0.1, 0.15) is 44.9 Å². The van der Waals surface area contributed by atoms with Crippen LogP contribution < -0.4 is 4.90 Å². The van der Waals surface area contributed by atoms with E-state index in [4.69, 9.17) is 4.74 Å². The van der Waals surface area contributed by atoms with Crippen molar-refractivity contribution in [1.29, 1.82) is 0 Å². The summed E-state index contributed by atoms with van der Waals surface area (Å²) >= 11 is 0. The van der Waals surface area contributed by atoms with Crippen molar-refractivity contribution in [2.75, 3.05) is 37.6 Å². The van der Waals surface area contributed by atoms with Gasteiger partial charge in [0.1, 0.15) is 6.10 Å². The molecular weight excluding hydrogens is 314 g/mol. The second kappa shape index (κ2) is 7.32. The number of aromatic nitrogens is 1. The van der Waals surface area contributed by atoms with Crippen molar-refractivity contribution in [3.63, 3.8) is 0 Å². The van der Waals surface area contributed by atoms with Gasteiger partial charge in [-0.05, 0) is 31.4 Å². The van der Waals surface area contributed by atoms with E-state index in [0.29, 0.717) is 0 Å². The molecule has 136 valence electrons. The lowest BCUT2D eigenvalue weighted by Gasteiger charge is -2.36. The molecule has 3 aliphatic rings. The first-order valence-corrected chi connectivity index (χ1v) is 9.84. The van der Waals surface area contributed by atoms with Crippen molar-refractivity contribution < 1.29 is 9.53 Å². The lowest BCUT2D eigenvalue weighted by molar-refractivity contribution is -0.150. The minimum atomic E-state index is -0.123. The summed E-state index contributed by atoms with van der Waals surface area (Å²) in [6.07, 6.45) is 11.6. The maximum atomic E-state index is 12.4. The van der Waals surface area contributed by atoms with Crippen molar-refractivity contribution in [2.45, 2.75) is 51.0 Å². The van der Waals surface area contributed by atoms with Gasteiger partial charge in [0.15, 0.2) is 0 Å². The first-order valence-electron chi connectivity index (χ1n) is 9.84. The molecule has 1 saturated carbocycles. The van der Waals surface area contributed by atoms with E-state index in [1.165, 1.54) is 24.9 Å². The van der Waals surface area contributed by atoms with Crippen LogP contribution in [0.3, 0.4) is 0 Å². The number of cyclic esters (lactones) is 1. The molecule has 0 N–H and O–H groups in total. The molecule has 5 nitrogen and oxygen atoms in total. The normalized spacial score (nSPS) is 26.8. The third kappa shape index (κ3) is 3.66. The molecule has 4 rings (SSSR count). The topological polar surface area (TPSA) is 45.7 Å². The molecule has 2 aliphatic heterocycles. The van der Waals surface area contributed by atoms with Crippen LogP contribution in [0.2, 0.25) is 0 Å². The quantitative estimate of drug-likeness (QED) is 0.787. The van der Waals surface area contributed by atoms with Crippen LogP contribution in [-0.2, 0) is 9.53 Å². The zero-order valence-corrected chi connectivity index (χ0v) is 15.0. The van der Waals surface area contributed by atoms with Gasteiger partial charge in [-0.25, -0.2) is 0 Å². The van der Waals surface area contributed by atoms with Crippen molar-refractivity contribution in [1.82, 2.24) is 9.88 Å². The maximum Gasteiger partial charge on any atom is 0.312 e. The van der Waals surface area contributed by atoms with Crippen molar-refractivity contribution in [3.05, 3.63) is 24.5 Å². The van der Waals surface area contributed by atoms with Gasteiger partial charge in [-0.2, -0.15) is 0 Å². The van der Waals surface area contributed by atoms with Gasteiger partial charge in [0.05, 0.1) is 17.3 Å². The summed E-state index contributed by atoms with van der Waals surface area (Å²) in [6.45, 7) is 5.26. The van der Waals surface area contributed by atoms with Crippen LogP contribution in [-0.4, -0.2) is 54.7 Å². The fourth-order valence-corrected chi connectivity index (χ4v) is 4.73. The van der Waals surface area contributed by atoms with Crippen LogP contribution in [0.5, 0.6) is 0 Å². The first kappa shape index (κ1) is 16.8. The molecule has 1 aromatic heterocycles. The number of esters is 1. The van der Waals surface area contributed by atoms with Gasteiger partial charge in [0.25, 0.3) is 0 Å². The van der Waals surface area contributed by atoms with E-state index in [1.54, 1.807) is 0 Å². The molecule has 0 amide bonds. The minimum absolute atomic E-state index is 0.0959. The van der Waals surface area contributed by atoms with Gasteiger partial charge in [-0.1, -0.05) is 19.3 Å². The number of hydrogen-bond donors (Lipinski definition) is 0. The molecule has 2 saturated heterocycles. The monoisotopic (exact) mass is 343 g/mol.